The fourth-order valence-electron chi connectivity index (χ4n) is 4.35. The summed E-state index contributed by atoms with van der Waals surface area (Å²) in [6, 6.07) is 24.7. The maximum Gasteiger partial charge on any atom is 0.321 e. The number of ketones is 1. The minimum absolute atomic E-state index is 0.000764. The molecule has 0 spiro atoms. The van der Waals surface area contributed by atoms with Gasteiger partial charge in [-0.05, 0) is 48.2 Å². The fraction of sp³-hybridized carbons (Fsp3) is 0.133. The van der Waals surface area contributed by atoms with Crippen LogP contribution in [0.5, 0.6) is 5.75 Å². The first-order valence-electron chi connectivity index (χ1n) is 11.7. The molecule has 0 amide bonds. The van der Waals surface area contributed by atoms with Crippen LogP contribution in [0, 0.1) is 17.1 Å². The second-order valence-corrected chi connectivity index (χ2v) is 8.98. The van der Waals surface area contributed by atoms with E-state index >= 15 is 0 Å². The van der Waals surface area contributed by atoms with Crippen molar-refractivity contribution in [1.82, 2.24) is 4.57 Å². The van der Waals surface area contributed by atoms with Crippen molar-refractivity contribution in [3.8, 4) is 11.8 Å². The van der Waals surface area contributed by atoms with Crippen molar-refractivity contribution in [2.45, 2.75) is 24.8 Å². The van der Waals surface area contributed by atoms with Crippen molar-refractivity contribution in [2.75, 3.05) is 0 Å². The number of carbonyl (C=O) groups excluding carboxylic acids is 2. The molecule has 0 unspecified atom stereocenters. The number of nitriles is 1. The standard InChI is InChI=1S/C30H21FN2O4/c31-24-11-12-26(37-29(36)30(13-14-30)23-9-5-2-6-10-23)25(16-24)27(34)22-15-21(17-32)28(35)33(19-22)18-20-7-3-1-4-8-20/h1-12,15-16,19H,13-14,18H2. The van der Waals surface area contributed by atoms with Gasteiger partial charge in [0.2, 0.25) is 0 Å². The predicted molar refractivity (Wildman–Crippen MR) is 134 cm³/mol. The van der Waals surface area contributed by atoms with Crippen molar-refractivity contribution in [3.05, 3.63) is 135 Å². The number of aromatic nitrogens is 1. The molecule has 0 saturated heterocycles. The topological polar surface area (TPSA) is 89.2 Å². The van der Waals surface area contributed by atoms with Gasteiger partial charge >= 0.3 is 5.97 Å². The minimum atomic E-state index is -0.799. The zero-order chi connectivity index (χ0) is 26.0. The van der Waals surface area contributed by atoms with Crippen LogP contribution in [0.4, 0.5) is 4.39 Å². The third-order valence-corrected chi connectivity index (χ3v) is 6.52. The van der Waals surface area contributed by atoms with Gasteiger partial charge in [0, 0.05) is 11.8 Å². The molecule has 1 aliphatic rings. The van der Waals surface area contributed by atoms with Crippen molar-refractivity contribution in [1.29, 1.82) is 5.26 Å². The van der Waals surface area contributed by atoms with Gasteiger partial charge in [0.05, 0.1) is 17.5 Å². The van der Waals surface area contributed by atoms with Crippen molar-refractivity contribution in [3.63, 3.8) is 0 Å². The third-order valence-electron chi connectivity index (χ3n) is 6.52. The van der Waals surface area contributed by atoms with Gasteiger partial charge in [-0.1, -0.05) is 60.7 Å². The molecule has 182 valence electrons. The smallest absolute Gasteiger partial charge is 0.321 e. The molecule has 1 aliphatic carbocycles. The van der Waals surface area contributed by atoms with E-state index in [1.807, 2.05) is 66.7 Å². The summed E-state index contributed by atoms with van der Waals surface area (Å²) in [5.41, 5.74) is -0.127. The van der Waals surface area contributed by atoms with Crippen molar-refractivity contribution >= 4 is 11.8 Å². The van der Waals surface area contributed by atoms with E-state index in [-0.39, 0.29) is 29.0 Å². The summed E-state index contributed by atoms with van der Waals surface area (Å²) in [5, 5.41) is 9.50. The lowest BCUT2D eigenvalue weighted by Gasteiger charge is -2.16. The van der Waals surface area contributed by atoms with Crippen LogP contribution in [0.1, 0.15) is 45.5 Å². The molecule has 3 aromatic carbocycles. The van der Waals surface area contributed by atoms with Crippen LogP contribution in [0.2, 0.25) is 0 Å². The summed E-state index contributed by atoms with van der Waals surface area (Å²) in [6.45, 7) is 0.139. The SMILES string of the molecule is N#Cc1cc(C(=O)c2cc(F)ccc2OC(=O)C2(c3ccccc3)CC2)cn(Cc2ccccc2)c1=O. The monoisotopic (exact) mass is 492 g/mol. The lowest BCUT2D eigenvalue weighted by atomic mass is 9.96. The Morgan fingerprint density at radius 2 is 1.65 bits per heavy atom. The highest BCUT2D eigenvalue weighted by atomic mass is 19.1. The van der Waals surface area contributed by atoms with Gasteiger partial charge in [-0.25, -0.2) is 4.39 Å². The van der Waals surface area contributed by atoms with E-state index in [1.165, 1.54) is 22.9 Å². The Bertz CT molecular complexity index is 1600. The molecular formula is C30H21FN2O4. The number of esters is 1. The Hall–Kier alpha value is -4.83. The zero-order valence-electron chi connectivity index (χ0n) is 19.7. The van der Waals surface area contributed by atoms with Crippen LogP contribution in [0.15, 0.2) is 95.9 Å². The number of hydrogen-bond acceptors (Lipinski definition) is 5. The molecule has 1 saturated carbocycles. The first-order chi connectivity index (χ1) is 17.9. The first kappa shape index (κ1) is 23.9. The van der Waals surface area contributed by atoms with E-state index in [0.29, 0.717) is 12.8 Å². The molecule has 6 nitrogen and oxygen atoms in total. The molecule has 37 heavy (non-hydrogen) atoms. The highest BCUT2D eigenvalue weighted by molar-refractivity contribution is 6.11. The van der Waals surface area contributed by atoms with Crippen LogP contribution < -0.4 is 10.3 Å². The highest BCUT2D eigenvalue weighted by Gasteiger charge is 2.53. The van der Waals surface area contributed by atoms with E-state index < -0.39 is 28.5 Å². The molecule has 0 bridgehead atoms. The van der Waals surface area contributed by atoms with Gasteiger partial charge in [-0.15, -0.1) is 0 Å². The van der Waals surface area contributed by atoms with Crippen molar-refractivity contribution in [2.24, 2.45) is 0 Å². The van der Waals surface area contributed by atoms with Crippen LogP contribution in [-0.4, -0.2) is 16.3 Å². The highest BCUT2D eigenvalue weighted by Crippen LogP contribution is 2.49. The summed E-state index contributed by atoms with van der Waals surface area (Å²) in [6.07, 6.45) is 2.55. The zero-order valence-corrected chi connectivity index (χ0v) is 19.7. The Morgan fingerprint density at radius 1 is 0.973 bits per heavy atom. The number of nitrogens with zero attached hydrogens (tertiary/aromatic N) is 2. The van der Waals surface area contributed by atoms with E-state index in [4.69, 9.17) is 4.74 Å². The molecule has 4 aromatic rings. The number of benzene rings is 3. The van der Waals surface area contributed by atoms with Gasteiger partial charge in [-0.2, -0.15) is 5.26 Å². The maximum atomic E-state index is 14.2. The predicted octanol–water partition coefficient (Wildman–Crippen LogP) is 4.78. The van der Waals surface area contributed by atoms with Gasteiger partial charge in [0.15, 0.2) is 5.78 Å². The van der Waals surface area contributed by atoms with Crippen molar-refractivity contribution < 1.29 is 18.7 Å². The summed E-state index contributed by atoms with van der Waals surface area (Å²) in [4.78, 5) is 39.5. The molecule has 0 atom stereocenters. The van der Waals surface area contributed by atoms with E-state index in [1.54, 1.807) is 0 Å². The average molecular weight is 493 g/mol. The Morgan fingerprint density at radius 3 is 2.30 bits per heavy atom. The molecule has 0 aliphatic heterocycles. The molecule has 0 N–H and O–H groups in total. The number of ether oxygens (including phenoxy) is 1. The third kappa shape index (κ3) is 4.69. The summed E-state index contributed by atoms with van der Waals surface area (Å²) < 4.78 is 21.2. The lowest BCUT2D eigenvalue weighted by Crippen LogP contribution is -2.27. The first-order valence-corrected chi connectivity index (χ1v) is 11.7. The quantitative estimate of drug-likeness (QED) is 0.211. The average Bonchev–Trinajstić information content (AvgIpc) is 3.74. The molecule has 1 aromatic heterocycles. The van der Waals surface area contributed by atoms with Gasteiger partial charge in [0.25, 0.3) is 5.56 Å². The number of hydrogen-bond donors (Lipinski definition) is 0. The minimum Gasteiger partial charge on any atom is -0.425 e. The normalized spacial score (nSPS) is 13.4. The fourth-order valence-corrected chi connectivity index (χ4v) is 4.35. The van der Waals surface area contributed by atoms with Crippen LogP contribution >= 0.6 is 0 Å². The van der Waals surface area contributed by atoms with Crippen LogP contribution in [0.25, 0.3) is 0 Å². The van der Waals surface area contributed by atoms with E-state index in [0.717, 1.165) is 23.3 Å². The van der Waals surface area contributed by atoms with E-state index in [9.17, 15) is 24.0 Å². The molecule has 0 radical (unpaired) electrons. The second kappa shape index (κ2) is 9.67. The summed E-state index contributed by atoms with van der Waals surface area (Å²) >= 11 is 0. The Labute approximate surface area is 212 Å². The van der Waals surface area contributed by atoms with Gasteiger partial charge in [-0.3, -0.25) is 14.4 Å². The number of halogens is 1. The summed E-state index contributed by atoms with van der Waals surface area (Å²) in [7, 11) is 0. The van der Waals surface area contributed by atoms with Crippen LogP contribution in [0.3, 0.4) is 0 Å². The number of carbonyl (C=O) groups is 2. The second-order valence-electron chi connectivity index (χ2n) is 8.98. The Kier molecular flexibility index (Phi) is 6.24. The van der Waals surface area contributed by atoms with Gasteiger partial charge < -0.3 is 9.30 Å². The largest absolute Gasteiger partial charge is 0.425 e. The van der Waals surface area contributed by atoms with E-state index in [2.05, 4.69) is 0 Å². The molecule has 5 rings (SSSR count). The maximum absolute atomic E-state index is 14.2. The number of pyridine rings is 1. The molecular weight excluding hydrogens is 471 g/mol. The van der Waals surface area contributed by atoms with Gasteiger partial charge in [0.1, 0.15) is 23.2 Å². The summed E-state index contributed by atoms with van der Waals surface area (Å²) in [5.74, 6) is -1.97. The molecule has 1 fully saturated rings. The molecule has 1 heterocycles. The number of rotatable bonds is 7. The molecule has 7 heteroatoms. The Balaban J connectivity index is 1.50. The lowest BCUT2D eigenvalue weighted by molar-refractivity contribution is -0.137. The van der Waals surface area contributed by atoms with Crippen LogP contribution in [-0.2, 0) is 16.8 Å².